The van der Waals surface area contributed by atoms with Gasteiger partial charge in [-0.2, -0.15) is 0 Å². The predicted molar refractivity (Wildman–Crippen MR) is 92.6 cm³/mol. The van der Waals surface area contributed by atoms with E-state index in [2.05, 4.69) is 15.3 Å². The van der Waals surface area contributed by atoms with Gasteiger partial charge in [0.25, 0.3) is 0 Å². The van der Waals surface area contributed by atoms with Crippen LogP contribution in [-0.4, -0.2) is 34.1 Å². The normalized spacial score (nSPS) is 12.2. The number of rotatable bonds is 6. The van der Waals surface area contributed by atoms with Gasteiger partial charge >= 0.3 is 0 Å². The van der Waals surface area contributed by atoms with Crippen molar-refractivity contribution < 1.29 is 5.11 Å². The molecule has 0 aliphatic rings. The van der Waals surface area contributed by atoms with Crippen LogP contribution in [0, 0.1) is 0 Å². The number of hydrogen-bond acceptors (Lipinski definition) is 6. The van der Waals surface area contributed by atoms with Gasteiger partial charge in [-0.3, -0.25) is 0 Å². The molecule has 0 saturated carbocycles. The van der Waals surface area contributed by atoms with E-state index in [0.717, 1.165) is 11.3 Å². The lowest BCUT2D eigenvalue weighted by Gasteiger charge is -2.13. The molecule has 4 N–H and O–H groups in total. The summed E-state index contributed by atoms with van der Waals surface area (Å²) in [7, 11) is 3.96. The fourth-order valence-electron chi connectivity index (χ4n) is 2.08. The molecule has 0 aliphatic heterocycles. The van der Waals surface area contributed by atoms with E-state index in [9.17, 15) is 5.11 Å². The highest BCUT2D eigenvalue weighted by molar-refractivity contribution is 5.58. The number of aromatic nitrogens is 2. The summed E-state index contributed by atoms with van der Waals surface area (Å²) in [5, 5.41) is 12.7. The molecule has 0 radical (unpaired) electrons. The SMILES string of the molecule is CC/C(O)=C(/N)Nc1cc(CN(C)C)nc(-c2ccccc2)n1. The number of nitrogens with two attached hydrogens (primary N) is 1. The molecule has 0 spiro atoms. The van der Waals surface area contributed by atoms with Crippen molar-refractivity contribution in [3.8, 4) is 11.4 Å². The second-order valence-corrected chi connectivity index (χ2v) is 5.51. The van der Waals surface area contributed by atoms with Gasteiger partial charge in [0.05, 0.1) is 5.69 Å². The van der Waals surface area contributed by atoms with E-state index in [1.807, 2.05) is 62.3 Å². The molecule has 1 aromatic carbocycles. The van der Waals surface area contributed by atoms with Gasteiger partial charge in [-0.15, -0.1) is 0 Å². The fourth-order valence-corrected chi connectivity index (χ4v) is 2.08. The molecular weight excluding hydrogens is 290 g/mol. The van der Waals surface area contributed by atoms with Crippen molar-refractivity contribution in [3.63, 3.8) is 0 Å². The standard InChI is InChI=1S/C17H23N5O/c1-4-14(23)16(18)20-15-10-13(11-22(2)3)19-17(21-15)12-8-6-5-7-9-12/h5-10,23H,4,11,18H2,1-3H3,(H,19,20,21)/b16-14+. The maximum atomic E-state index is 9.73. The number of benzene rings is 1. The summed E-state index contributed by atoms with van der Waals surface area (Å²) in [5.41, 5.74) is 7.65. The number of nitrogens with one attached hydrogen (secondary N) is 1. The van der Waals surface area contributed by atoms with Crippen LogP contribution in [0.2, 0.25) is 0 Å². The molecular formula is C17H23N5O. The molecule has 6 heteroatoms. The quantitative estimate of drug-likeness (QED) is 0.711. The Labute approximate surface area is 136 Å². The van der Waals surface area contributed by atoms with E-state index in [0.29, 0.717) is 24.6 Å². The third-order valence-corrected chi connectivity index (χ3v) is 3.20. The number of nitrogens with zero attached hydrogens (tertiary/aromatic N) is 3. The van der Waals surface area contributed by atoms with E-state index >= 15 is 0 Å². The zero-order chi connectivity index (χ0) is 16.8. The van der Waals surface area contributed by atoms with Crippen molar-refractivity contribution in [1.82, 2.24) is 14.9 Å². The second-order valence-electron chi connectivity index (χ2n) is 5.51. The Kier molecular flexibility index (Phi) is 5.54. The smallest absolute Gasteiger partial charge is 0.161 e. The summed E-state index contributed by atoms with van der Waals surface area (Å²) < 4.78 is 0. The van der Waals surface area contributed by atoms with E-state index < -0.39 is 0 Å². The Balaban J connectivity index is 2.41. The lowest BCUT2D eigenvalue weighted by Crippen LogP contribution is -2.16. The molecule has 0 amide bonds. The number of aliphatic hydroxyl groups is 1. The maximum Gasteiger partial charge on any atom is 0.161 e. The minimum absolute atomic E-state index is 0.110. The van der Waals surface area contributed by atoms with Gasteiger partial charge in [-0.05, 0) is 14.1 Å². The third-order valence-electron chi connectivity index (χ3n) is 3.20. The number of hydrogen-bond donors (Lipinski definition) is 3. The molecule has 0 atom stereocenters. The van der Waals surface area contributed by atoms with Crippen molar-refractivity contribution in [3.05, 3.63) is 53.7 Å². The van der Waals surface area contributed by atoms with Crippen LogP contribution in [0.25, 0.3) is 11.4 Å². The molecule has 0 bridgehead atoms. The first-order valence-corrected chi connectivity index (χ1v) is 7.52. The van der Waals surface area contributed by atoms with Gasteiger partial charge in [-0.1, -0.05) is 37.3 Å². The summed E-state index contributed by atoms with van der Waals surface area (Å²) in [6.07, 6.45) is 0.458. The van der Waals surface area contributed by atoms with Gasteiger partial charge in [0, 0.05) is 24.6 Å². The van der Waals surface area contributed by atoms with Crippen LogP contribution in [0.15, 0.2) is 48.0 Å². The number of anilines is 1. The zero-order valence-electron chi connectivity index (χ0n) is 13.7. The summed E-state index contributed by atoms with van der Waals surface area (Å²) in [6.45, 7) is 2.51. The summed E-state index contributed by atoms with van der Waals surface area (Å²) >= 11 is 0. The largest absolute Gasteiger partial charge is 0.509 e. The summed E-state index contributed by atoms with van der Waals surface area (Å²) in [6, 6.07) is 11.6. The first-order valence-electron chi connectivity index (χ1n) is 7.52. The minimum Gasteiger partial charge on any atom is -0.509 e. The average Bonchev–Trinajstić information content (AvgIpc) is 2.54. The van der Waals surface area contributed by atoms with E-state index in [1.54, 1.807) is 0 Å². The van der Waals surface area contributed by atoms with E-state index in [4.69, 9.17) is 5.73 Å². The molecule has 6 nitrogen and oxygen atoms in total. The Hall–Kier alpha value is -2.60. The first-order chi connectivity index (χ1) is 11.0. The van der Waals surface area contributed by atoms with Crippen LogP contribution < -0.4 is 11.1 Å². The predicted octanol–water partition coefficient (Wildman–Crippen LogP) is 2.71. The van der Waals surface area contributed by atoms with Crippen molar-refractivity contribution in [2.24, 2.45) is 5.73 Å². The van der Waals surface area contributed by atoms with E-state index in [1.165, 1.54) is 0 Å². The van der Waals surface area contributed by atoms with Crippen molar-refractivity contribution >= 4 is 5.82 Å². The zero-order valence-corrected chi connectivity index (χ0v) is 13.7. The van der Waals surface area contributed by atoms with Gasteiger partial charge in [0.2, 0.25) is 0 Å². The summed E-state index contributed by atoms with van der Waals surface area (Å²) in [5.74, 6) is 1.50. The molecule has 2 aromatic rings. The van der Waals surface area contributed by atoms with Crippen LogP contribution >= 0.6 is 0 Å². The lowest BCUT2D eigenvalue weighted by atomic mass is 10.2. The monoisotopic (exact) mass is 313 g/mol. The molecule has 0 fully saturated rings. The van der Waals surface area contributed by atoms with Gasteiger partial charge in [0.15, 0.2) is 5.82 Å². The van der Waals surface area contributed by atoms with Crippen molar-refractivity contribution in [2.75, 3.05) is 19.4 Å². The molecule has 1 aromatic heterocycles. The third kappa shape index (κ3) is 4.69. The van der Waals surface area contributed by atoms with Crippen molar-refractivity contribution in [2.45, 2.75) is 19.9 Å². The highest BCUT2D eigenvalue weighted by Gasteiger charge is 2.09. The topological polar surface area (TPSA) is 87.3 Å². The number of allylic oxidation sites excluding steroid dienone is 1. The van der Waals surface area contributed by atoms with Crippen LogP contribution in [0.4, 0.5) is 5.82 Å². The van der Waals surface area contributed by atoms with Gasteiger partial charge < -0.3 is 21.1 Å². The van der Waals surface area contributed by atoms with Crippen LogP contribution in [0.1, 0.15) is 19.0 Å². The minimum atomic E-state index is 0.110. The Morgan fingerprint density at radius 3 is 2.52 bits per heavy atom. The van der Waals surface area contributed by atoms with Gasteiger partial charge in [-0.25, -0.2) is 9.97 Å². The Morgan fingerprint density at radius 2 is 1.91 bits per heavy atom. The Morgan fingerprint density at radius 1 is 1.22 bits per heavy atom. The molecule has 0 unspecified atom stereocenters. The second kappa shape index (κ2) is 7.60. The van der Waals surface area contributed by atoms with Crippen LogP contribution in [-0.2, 0) is 6.54 Å². The van der Waals surface area contributed by atoms with Crippen LogP contribution in [0.3, 0.4) is 0 Å². The summed E-state index contributed by atoms with van der Waals surface area (Å²) in [4.78, 5) is 11.1. The molecule has 1 heterocycles. The molecule has 23 heavy (non-hydrogen) atoms. The highest BCUT2D eigenvalue weighted by atomic mass is 16.3. The lowest BCUT2D eigenvalue weighted by molar-refractivity contribution is 0.387. The first kappa shape index (κ1) is 16.8. The van der Waals surface area contributed by atoms with Gasteiger partial charge in [0.1, 0.15) is 17.4 Å². The molecule has 0 saturated heterocycles. The highest BCUT2D eigenvalue weighted by Crippen LogP contribution is 2.19. The van der Waals surface area contributed by atoms with E-state index in [-0.39, 0.29) is 11.6 Å². The average molecular weight is 313 g/mol. The molecule has 122 valence electrons. The fraction of sp³-hybridized carbons (Fsp3) is 0.294. The number of aliphatic hydroxyl groups excluding tert-OH is 1. The Bertz CT molecular complexity index is 683. The molecule has 2 rings (SSSR count). The van der Waals surface area contributed by atoms with Crippen molar-refractivity contribution in [1.29, 1.82) is 0 Å². The molecule has 0 aliphatic carbocycles. The van der Waals surface area contributed by atoms with Crippen LogP contribution in [0.5, 0.6) is 0 Å². The maximum absolute atomic E-state index is 9.73.